The van der Waals surface area contributed by atoms with Crippen LogP contribution in [0.2, 0.25) is 0 Å². The van der Waals surface area contributed by atoms with E-state index in [1.807, 2.05) is 0 Å². The first-order chi connectivity index (χ1) is 6.83. The van der Waals surface area contributed by atoms with Gasteiger partial charge in [0.25, 0.3) is 0 Å². The van der Waals surface area contributed by atoms with Crippen LogP contribution in [0.25, 0.3) is 0 Å². The summed E-state index contributed by atoms with van der Waals surface area (Å²) in [6, 6.07) is 0. The fraction of sp³-hybridized carbons (Fsp3) is 0.625. The Morgan fingerprint density at radius 1 is 1.71 bits per heavy atom. The number of hydrogen-bond donors (Lipinski definition) is 2. The van der Waals surface area contributed by atoms with E-state index in [0.717, 1.165) is 13.0 Å². The maximum absolute atomic E-state index is 5.57. The summed E-state index contributed by atoms with van der Waals surface area (Å²) in [5.74, 6) is 1.14. The number of rotatable bonds is 5. The van der Waals surface area contributed by atoms with E-state index in [1.54, 1.807) is 0 Å². The molecule has 0 amide bonds. The molecule has 1 aromatic heterocycles. The third-order valence-electron chi connectivity index (χ3n) is 1.57. The Morgan fingerprint density at radius 2 is 2.57 bits per heavy atom. The van der Waals surface area contributed by atoms with E-state index >= 15 is 0 Å². The molecule has 0 radical (unpaired) electrons. The molecule has 0 bridgehead atoms. The molecular weight excluding hydrogens is 182 g/mol. The molecule has 6 nitrogen and oxygen atoms in total. The van der Waals surface area contributed by atoms with E-state index in [0.29, 0.717) is 24.7 Å². The number of guanidine groups is 1. The lowest BCUT2D eigenvalue weighted by Crippen LogP contribution is -2.33. The van der Waals surface area contributed by atoms with Gasteiger partial charge in [-0.1, -0.05) is 12.1 Å². The Morgan fingerprint density at radius 3 is 3.21 bits per heavy atom. The smallest absolute Gasteiger partial charge is 0.213 e. The SMILES string of the molecule is CCCN=C(N)NCCc1ncon1. The third kappa shape index (κ3) is 3.88. The normalized spacial score (nSPS) is 11.6. The van der Waals surface area contributed by atoms with Crippen molar-refractivity contribution in [2.24, 2.45) is 10.7 Å². The van der Waals surface area contributed by atoms with Gasteiger partial charge in [-0.25, -0.2) is 0 Å². The maximum atomic E-state index is 5.57. The molecule has 1 rings (SSSR count). The van der Waals surface area contributed by atoms with E-state index in [2.05, 4.69) is 31.9 Å². The van der Waals surface area contributed by atoms with Gasteiger partial charge in [-0.3, -0.25) is 4.99 Å². The summed E-state index contributed by atoms with van der Waals surface area (Å²) in [6.45, 7) is 3.47. The molecular formula is C8H15N5O. The topological polar surface area (TPSA) is 89.3 Å². The van der Waals surface area contributed by atoms with Crippen LogP contribution in [-0.4, -0.2) is 29.2 Å². The number of nitrogens with two attached hydrogens (primary N) is 1. The molecule has 3 N–H and O–H groups in total. The highest BCUT2D eigenvalue weighted by Crippen LogP contribution is 1.87. The van der Waals surface area contributed by atoms with Gasteiger partial charge in [-0.05, 0) is 6.42 Å². The molecule has 0 fully saturated rings. The predicted octanol–water partition coefficient (Wildman–Crippen LogP) is -0.0736. The van der Waals surface area contributed by atoms with Crippen LogP contribution < -0.4 is 11.1 Å². The quantitative estimate of drug-likeness (QED) is 0.509. The fourth-order valence-corrected chi connectivity index (χ4v) is 0.893. The first-order valence-electron chi connectivity index (χ1n) is 4.62. The van der Waals surface area contributed by atoms with Crippen LogP contribution >= 0.6 is 0 Å². The summed E-state index contributed by atoms with van der Waals surface area (Å²) < 4.78 is 4.59. The van der Waals surface area contributed by atoms with Gasteiger partial charge < -0.3 is 15.6 Å². The van der Waals surface area contributed by atoms with Crippen LogP contribution in [0.5, 0.6) is 0 Å². The second-order valence-corrected chi connectivity index (χ2v) is 2.79. The first kappa shape index (κ1) is 10.5. The number of hydrogen-bond acceptors (Lipinski definition) is 4. The molecule has 0 unspecified atom stereocenters. The molecule has 78 valence electrons. The average molecular weight is 197 g/mol. The minimum Gasteiger partial charge on any atom is -0.370 e. The molecule has 0 saturated heterocycles. The zero-order chi connectivity index (χ0) is 10.2. The molecule has 0 aliphatic heterocycles. The van der Waals surface area contributed by atoms with Crippen LogP contribution in [0.3, 0.4) is 0 Å². The Bertz CT molecular complexity index is 269. The highest BCUT2D eigenvalue weighted by Gasteiger charge is 1.97. The summed E-state index contributed by atoms with van der Waals surface area (Å²) in [4.78, 5) is 7.96. The van der Waals surface area contributed by atoms with Crippen molar-refractivity contribution in [2.75, 3.05) is 13.1 Å². The minimum atomic E-state index is 0.468. The molecule has 6 heteroatoms. The highest BCUT2D eigenvalue weighted by molar-refractivity contribution is 5.77. The molecule has 1 heterocycles. The van der Waals surface area contributed by atoms with E-state index in [1.165, 1.54) is 6.39 Å². The molecule has 0 aliphatic rings. The largest absolute Gasteiger partial charge is 0.370 e. The molecule has 0 aliphatic carbocycles. The standard InChI is InChI=1S/C8H15N5O/c1-2-4-10-8(9)11-5-3-7-12-6-14-13-7/h6H,2-5H2,1H3,(H3,9,10,11). The predicted molar refractivity (Wildman–Crippen MR) is 52.8 cm³/mol. The zero-order valence-electron chi connectivity index (χ0n) is 8.23. The van der Waals surface area contributed by atoms with Crippen molar-refractivity contribution in [3.63, 3.8) is 0 Å². The van der Waals surface area contributed by atoms with E-state index in [4.69, 9.17) is 5.73 Å². The van der Waals surface area contributed by atoms with Crippen LogP contribution in [0.4, 0.5) is 0 Å². The van der Waals surface area contributed by atoms with Gasteiger partial charge in [0.2, 0.25) is 6.39 Å². The number of nitrogens with zero attached hydrogens (tertiary/aromatic N) is 3. The Kier molecular flexibility index (Phi) is 4.46. The highest BCUT2D eigenvalue weighted by atomic mass is 16.5. The average Bonchev–Trinajstić information content (AvgIpc) is 2.67. The van der Waals surface area contributed by atoms with Crippen LogP contribution in [-0.2, 0) is 6.42 Å². The van der Waals surface area contributed by atoms with Crippen LogP contribution in [0.15, 0.2) is 15.9 Å². The van der Waals surface area contributed by atoms with E-state index in [-0.39, 0.29) is 0 Å². The van der Waals surface area contributed by atoms with Gasteiger partial charge in [0.1, 0.15) is 0 Å². The molecule has 0 aromatic carbocycles. The third-order valence-corrected chi connectivity index (χ3v) is 1.57. The zero-order valence-corrected chi connectivity index (χ0v) is 8.23. The van der Waals surface area contributed by atoms with Crippen molar-refractivity contribution in [1.82, 2.24) is 15.5 Å². The van der Waals surface area contributed by atoms with E-state index < -0.39 is 0 Å². The molecule has 0 spiro atoms. The molecule has 1 aromatic rings. The molecule has 14 heavy (non-hydrogen) atoms. The maximum Gasteiger partial charge on any atom is 0.213 e. The van der Waals surface area contributed by atoms with Gasteiger partial charge in [-0.2, -0.15) is 4.98 Å². The first-order valence-corrected chi connectivity index (χ1v) is 4.62. The lowest BCUT2D eigenvalue weighted by Gasteiger charge is -2.02. The van der Waals surface area contributed by atoms with Crippen molar-refractivity contribution in [3.8, 4) is 0 Å². The van der Waals surface area contributed by atoms with Crippen molar-refractivity contribution in [1.29, 1.82) is 0 Å². The summed E-state index contributed by atoms with van der Waals surface area (Å²) in [5.41, 5.74) is 5.57. The fourth-order valence-electron chi connectivity index (χ4n) is 0.893. The number of aliphatic imine (C=N–C) groups is 1. The number of aromatic nitrogens is 2. The van der Waals surface area contributed by atoms with Crippen molar-refractivity contribution in [3.05, 3.63) is 12.2 Å². The monoisotopic (exact) mass is 197 g/mol. The van der Waals surface area contributed by atoms with Crippen molar-refractivity contribution < 1.29 is 4.52 Å². The van der Waals surface area contributed by atoms with Gasteiger partial charge in [0, 0.05) is 19.5 Å². The summed E-state index contributed by atoms with van der Waals surface area (Å²) in [6.07, 6.45) is 2.98. The van der Waals surface area contributed by atoms with Gasteiger partial charge in [-0.15, -0.1) is 0 Å². The summed E-state index contributed by atoms with van der Waals surface area (Å²) in [5, 5.41) is 6.63. The Labute approximate surface area is 82.6 Å². The molecule has 0 atom stereocenters. The molecule has 0 saturated carbocycles. The lowest BCUT2D eigenvalue weighted by atomic mass is 10.4. The second kappa shape index (κ2) is 5.95. The van der Waals surface area contributed by atoms with E-state index in [9.17, 15) is 0 Å². The van der Waals surface area contributed by atoms with Gasteiger partial charge in [0.15, 0.2) is 11.8 Å². The lowest BCUT2D eigenvalue weighted by molar-refractivity contribution is 0.410. The summed E-state index contributed by atoms with van der Waals surface area (Å²) in [7, 11) is 0. The van der Waals surface area contributed by atoms with Crippen LogP contribution in [0.1, 0.15) is 19.2 Å². The van der Waals surface area contributed by atoms with Gasteiger partial charge >= 0.3 is 0 Å². The Hall–Kier alpha value is -1.59. The minimum absolute atomic E-state index is 0.468. The van der Waals surface area contributed by atoms with Crippen LogP contribution in [0, 0.1) is 0 Å². The summed E-state index contributed by atoms with van der Waals surface area (Å²) >= 11 is 0. The van der Waals surface area contributed by atoms with Gasteiger partial charge in [0.05, 0.1) is 0 Å². The van der Waals surface area contributed by atoms with Crippen molar-refractivity contribution >= 4 is 5.96 Å². The second-order valence-electron chi connectivity index (χ2n) is 2.79. The Balaban J connectivity index is 2.15. The number of nitrogens with one attached hydrogen (secondary N) is 1. The van der Waals surface area contributed by atoms with Crippen molar-refractivity contribution in [2.45, 2.75) is 19.8 Å².